The van der Waals surface area contributed by atoms with Gasteiger partial charge in [0.2, 0.25) is 0 Å². The van der Waals surface area contributed by atoms with Crippen LogP contribution in [0.3, 0.4) is 0 Å². The third-order valence-electron chi connectivity index (χ3n) is 15.8. The van der Waals surface area contributed by atoms with E-state index < -0.39 is 0 Å². The molecule has 14 rings (SSSR count). The molecule has 0 fully saturated rings. The standard InChI is InChI=1S/C63H47NO3/c1-35-14-12-13-31-65-53-29-26-42-39-22-19-36(32-48(39)62(4,5)58(42)55(35)53)64(37-20-23-40-43-27-30-54-57(46-16-9-11-18-52(46)66-54)59(43)63(6,7)49(40)33-37)38-21-24-45-50(34-38)61(2,3)47-28-25-44-41-15-8-10-17-51(41)67-60(44)56(45)47/h8-34H,1H2,2-7H3. The van der Waals surface area contributed by atoms with E-state index >= 15 is 0 Å². The molecule has 1 aliphatic heterocycles. The van der Waals surface area contributed by atoms with Crippen molar-refractivity contribution in [2.24, 2.45) is 0 Å². The molecule has 3 aliphatic carbocycles. The molecule has 0 saturated heterocycles. The molecular formula is C63H47NO3. The number of hydrogen-bond acceptors (Lipinski definition) is 4. The van der Waals surface area contributed by atoms with Gasteiger partial charge in [-0.05, 0) is 134 Å². The number of hydrogen-bond donors (Lipinski definition) is 0. The molecule has 10 aromatic rings. The van der Waals surface area contributed by atoms with Crippen molar-refractivity contribution in [3.63, 3.8) is 0 Å². The molecule has 0 saturated carbocycles. The van der Waals surface area contributed by atoms with Gasteiger partial charge in [-0.1, -0.05) is 139 Å². The summed E-state index contributed by atoms with van der Waals surface area (Å²) < 4.78 is 19.4. The molecule has 322 valence electrons. The van der Waals surface area contributed by atoms with Gasteiger partial charge in [0.05, 0.1) is 6.26 Å². The van der Waals surface area contributed by atoms with Crippen molar-refractivity contribution in [3.05, 3.63) is 210 Å². The van der Waals surface area contributed by atoms with Crippen molar-refractivity contribution in [2.45, 2.75) is 57.8 Å². The largest absolute Gasteiger partial charge is 0.464 e. The fourth-order valence-electron chi connectivity index (χ4n) is 12.7. The number of para-hydroxylation sites is 2. The lowest BCUT2D eigenvalue weighted by molar-refractivity contribution is 0.477. The predicted molar refractivity (Wildman–Crippen MR) is 276 cm³/mol. The number of anilines is 3. The fourth-order valence-corrected chi connectivity index (χ4v) is 12.7. The first-order chi connectivity index (χ1) is 32.4. The van der Waals surface area contributed by atoms with Gasteiger partial charge in [-0.2, -0.15) is 0 Å². The summed E-state index contributed by atoms with van der Waals surface area (Å²) in [7, 11) is 0. The molecule has 0 unspecified atom stereocenters. The fraction of sp³-hybridized carbons (Fsp3) is 0.143. The molecule has 0 spiro atoms. The highest BCUT2D eigenvalue weighted by Crippen LogP contribution is 2.59. The van der Waals surface area contributed by atoms with E-state index in [9.17, 15) is 0 Å². The van der Waals surface area contributed by atoms with Gasteiger partial charge in [0.15, 0.2) is 0 Å². The molecule has 67 heavy (non-hydrogen) atoms. The second kappa shape index (κ2) is 13.0. The molecule has 8 aromatic carbocycles. The SMILES string of the molecule is C=C1C=CC=COc2ccc3c(c21)C(C)(C)c1cc(N(c2ccc4c(c2)C(C)(C)c2ccc5c(oc6ccccc65)c2-4)c2ccc4c(c2)C(C)(C)c2c-4ccc4oc5ccccc5c24)ccc1-3. The van der Waals surface area contributed by atoms with E-state index in [4.69, 9.17) is 13.6 Å². The van der Waals surface area contributed by atoms with E-state index in [1.54, 1.807) is 6.26 Å². The first-order valence-electron chi connectivity index (χ1n) is 23.4. The second-order valence-electron chi connectivity index (χ2n) is 20.5. The third-order valence-corrected chi connectivity index (χ3v) is 15.8. The lowest BCUT2D eigenvalue weighted by Crippen LogP contribution is -2.19. The zero-order chi connectivity index (χ0) is 45.3. The van der Waals surface area contributed by atoms with Crippen LogP contribution in [0.4, 0.5) is 17.1 Å². The highest BCUT2D eigenvalue weighted by molar-refractivity contribution is 6.13. The molecule has 0 bridgehead atoms. The summed E-state index contributed by atoms with van der Waals surface area (Å²) in [6.45, 7) is 18.7. The Morgan fingerprint density at radius 1 is 0.448 bits per heavy atom. The number of ether oxygens (including phenoxy) is 1. The Morgan fingerprint density at radius 3 is 1.75 bits per heavy atom. The van der Waals surface area contributed by atoms with Crippen molar-refractivity contribution in [2.75, 3.05) is 4.90 Å². The Morgan fingerprint density at radius 2 is 1.03 bits per heavy atom. The van der Waals surface area contributed by atoms with Gasteiger partial charge in [-0.15, -0.1) is 0 Å². The van der Waals surface area contributed by atoms with E-state index in [2.05, 4.69) is 199 Å². The number of nitrogens with zero attached hydrogens (tertiary/aromatic N) is 1. The molecule has 4 heteroatoms. The van der Waals surface area contributed by atoms with Crippen LogP contribution in [-0.4, -0.2) is 0 Å². The third kappa shape index (κ3) is 4.97. The van der Waals surface area contributed by atoms with Crippen LogP contribution in [0.25, 0.3) is 82.8 Å². The highest BCUT2D eigenvalue weighted by atomic mass is 16.5. The van der Waals surface area contributed by atoms with Crippen LogP contribution in [0.15, 0.2) is 179 Å². The predicted octanol–water partition coefficient (Wildman–Crippen LogP) is 17.3. The van der Waals surface area contributed by atoms with Crippen LogP contribution < -0.4 is 9.64 Å². The second-order valence-corrected chi connectivity index (χ2v) is 20.5. The number of furan rings is 2. The monoisotopic (exact) mass is 865 g/mol. The maximum absolute atomic E-state index is 6.70. The Labute approximate surface area is 389 Å². The Kier molecular flexibility index (Phi) is 7.43. The maximum Gasteiger partial charge on any atom is 0.143 e. The lowest BCUT2D eigenvalue weighted by Gasteiger charge is -2.31. The van der Waals surface area contributed by atoms with Gasteiger partial charge in [0, 0.05) is 66.0 Å². The Balaban J connectivity index is 0.973. The Bertz CT molecular complexity index is 3960. The van der Waals surface area contributed by atoms with E-state index in [0.717, 1.165) is 72.4 Å². The van der Waals surface area contributed by atoms with Gasteiger partial charge in [-0.25, -0.2) is 0 Å². The van der Waals surface area contributed by atoms with Crippen LogP contribution in [0.1, 0.15) is 80.5 Å². The molecule has 0 amide bonds. The molecule has 3 heterocycles. The Hall–Kier alpha value is -7.82. The van der Waals surface area contributed by atoms with E-state index in [0.29, 0.717) is 0 Å². The summed E-state index contributed by atoms with van der Waals surface area (Å²) in [5.74, 6) is 0.830. The molecule has 0 radical (unpaired) electrons. The van der Waals surface area contributed by atoms with Gasteiger partial charge >= 0.3 is 0 Å². The van der Waals surface area contributed by atoms with Crippen LogP contribution in [0, 0.1) is 0 Å². The molecule has 4 aliphatic rings. The van der Waals surface area contributed by atoms with Crippen LogP contribution in [0.5, 0.6) is 5.75 Å². The first-order valence-corrected chi connectivity index (χ1v) is 23.4. The molecule has 2 aromatic heterocycles. The average molecular weight is 866 g/mol. The van der Waals surface area contributed by atoms with Crippen LogP contribution in [-0.2, 0) is 16.2 Å². The summed E-state index contributed by atoms with van der Waals surface area (Å²) in [6, 6.07) is 51.5. The van der Waals surface area contributed by atoms with Crippen molar-refractivity contribution in [1.29, 1.82) is 0 Å². The molecule has 0 atom stereocenters. The lowest BCUT2D eigenvalue weighted by atomic mass is 9.78. The van der Waals surface area contributed by atoms with Crippen molar-refractivity contribution < 1.29 is 13.6 Å². The minimum Gasteiger partial charge on any atom is -0.464 e. The van der Waals surface area contributed by atoms with Crippen molar-refractivity contribution in [3.8, 4) is 39.1 Å². The van der Waals surface area contributed by atoms with Crippen LogP contribution in [0.2, 0.25) is 0 Å². The molecular weight excluding hydrogens is 819 g/mol. The van der Waals surface area contributed by atoms with Gasteiger partial charge in [0.25, 0.3) is 0 Å². The van der Waals surface area contributed by atoms with E-state index in [1.165, 1.54) is 72.1 Å². The quantitative estimate of drug-likeness (QED) is 0.177. The number of allylic oxidation sites excluding steroid dienone is 4. The van der Waals surface area contributed by atoms with Gasteiger partial charge < -0.3 is 18.5 Å². The topological polar surface area (TPSA) is 38.8 Å². The molecule has 4 nitrogen and oxygen atoms in total. The normalized spacial score (nSPS) is 16.3. The smallest absolute Gasteiger partial charge is 0.143 e. The first kappa shape index (κ1) is 38.4. The zero-order valence-corrected chi connectivity index (χ0v) is 38.5. The zero-order valence-electron chi connectivity index (χ0n) is 38.5. The number of fused-ring (bicyclic) bond motifs is 19. The summed E-state index contributed by atoms with van der Waals surface area (Å²) in [6.07, 6.45) is 7.76. The number of rotatable bonds is 3. The van der Waals surface area contributed by atoms with Crippen LogP contribution >= 0.6 is 0 Å². The van der Waals surface area contributed by atoms with Gasteiger partial charge in [0.1, 0.15) is 28.1 Å². The highest BCUT2D eigenvalue weighted by Gasteiger charge is 2.43. The maximum atomic E-state index is 6.70. The molecule has 0 N–H and O–H groups in total. The summed E-state index contributed by atoms with van der Waals surface area (Å²) >= 11 is 0. The summed E-state index contributed by atoms with van der Waals surface area (Å²) in [4.78, 5) is 2.48. The number of benzene rings is 8. The van der Waals surface area contributed by atoms with E-state index in [1.807, 2.05) is 12.2 Å². The summed E-state index contributed by atoms with van der Waals surface area (Å²) in [5, 5.41) is 4.68. The summed E-state index contributed by atoms with van der Waals surface area (Å²) in [5.41, 5.74) is 23.3. The van der Waals surface area contributed by atoms with E-state index in [-0.39, 0.29) is 16.2 Å². The minimum atomic E-state index is -0.347. The average Bonchev–Trinajstić information content (AvgIpc) is 4.07. The minimum absolute atomic E-state index is 0.272. The van der Waals surface area contributed by atoms with Gasteiger partial charge in [-0.3, -0.25) is 0 Å². The van der Waals surface area contributed by atoms with Crippen molar-refractivity contribution >= 4 is 66.5 Å². The van der Waals surface area contributed by atoms with Crippen molar-refractivity contribution in [1.82, 2.24) is 0 Å².